The molecule has 7 heteroatoms. The fraction of sp³-hybridized carbons (Fsp3) is 0.476. The van der Waals surface area contributed by atoms with Crippen molar-refractivity contribution in [1.82, 2.24) is 15.5 Å². The summed E-state index contributed by atoms with van der Waals surface area (Å²) in [6.07, 6.45) is 8.49. The fourth-order valence-corrected chi connectivity index (χ4v) is 3.77. The van der Waals surface area contributed by atoms with Crippen molar-refractivity contribution in [3.63, 3.8) is 0 Å². The third kappa shape index (κ3) is 3.88. The Morgan fingerprint density at radius 2 is 1.96 bits per heavy atom. The largest absolute Gasteiger partial charge is 0.493 e. The summed E-state index contributed by atoms with van der Waals surface area (Å²) in [7, 11) is 3.14. The van der Waals surface area contributed by atoms with E-state index in [-0.39, 0.29) is 5.91 Å². The SMILES string of the molecule is CC=Cc1cc(C(=O)NC2(c3noc(C)n3)CCCCC2)cc(OC)c1OC. The van der Waals surface area contributed by atoms with Crippen LogP contribution in [0.3, 0.4) is 0 Å². The Bertz CT molecular complexity index is 867. The predicted molar refractivity (Wildman–Crippen MR) is 106 cm³/mol. The number of nitrogens with zero attached hydrogens (tertiary/aromatic N) is 2. The molecule has 1 aromatic carbocycles. The van der Waals surface area contributed by atoms with Crippen LogP contribution in [-0.4, -0.2) is 30.3 Å². The average molecular weight is 385 g/mol. The quantitative estimate of drug-likeness (QED) is 0.808. The van der Waals surface area contributed by atoms with Gasteiger partial charge in [0.25, 0.3) is 5.91 Å². The number of nitrogens with one attached hydrogen (secondary N) is 1. The second-order valence-electron chi connectivity index (χ2n) is 7.03. The summed E-state index contributed by atoms with van der Waals surface area (Å²) in [5.41, 5.74) is 0.666. The summed E-state index contributed by atoms with van der Waals surface area (Å²) in [5, 5.41) is 7.30. The predicted octanol–water partition coefficient (Wildman–Crippen LogP) is 4.02. The van der Waals surface area contributed by atoms with Crippen LogP contribution in [0.25, 0.3) is 6.08 Å². The molecule has 1 heterocycles. The molecule has 1 aliphatic rings. The molecule has 2 aromatic rings. The van der Waals surface area contributed by atoms with Crippen molar-refractivity contribution in [1.29, 1.82) is 0 Å². The molecule has 3 rings (SSSR count). The van der Waals surface area contributed by atoms with Gasteiger partial charge in [0.15, 0.2) is 17.3 Å². The number of benzene rings is 1. The van der Waals surface area contributed by atoms with Gasteiger partial charge in [-0.25, -0.2) is 0 Å². The number of carbonyl (C=O) groups is 1. The van der Waals surface area contributed by atoms with E-state index in [0.29, 0.717) is 28.8 Å². The number of allylic oxidation sites excluding steroid dienone is 1. The lowest BCUT2D eigenvalue weighted by molar-refractivity contribution is 0.0855. The maximum Gasteiger partial charge on any atom is 0.252 e. The molecule has 0 atom stereocenters. The monoisotopic (exact) mass is 385 g/mol. The van der Waals surface area contributed by atoms with Crippen molar-refractivity contribution in [2.45, 2.75) is 51.5 Å². The number of carbonyl (C=O) groups excluding carboxylic acids is 1. The highest BCUT2D eigenvalue weighted by atomic mass is 16.5. The van der Waals surface area contributed by atoms with E-state index < -0.39 is 5.54 Å². The first-order chi connectivity index (χ1) is 13.5. The first-order valence-corrected chi connectivity index (χ1v) is 9.55. The van der Waals surface area contributed by atoms with Gasteiger partial charge in [-0.2, -0.15) is 4.98 Å². The summed E-state index contributed by atoms with van der Waals surface area (Å²) in [6, 6.07) is 3.49. The Labute approximate surface area is 165 Å². The van der Waals surface area contributed by atoms with Crippen LogP contribution in [-0.2, 0) is 5.54 Å². The Hall–Kier alpha value is -2.83. The van der Waals surface area contributed by atoms with Gasteiger partial charge in [0.1, 0.15) is 5.54 Å². The molecule has 1 aliphatic carbocycles. The van der Waals surface area contributed by atoms with Gasteiger partial charge in [-0.05, 0) is 31.9 Å². The van der Waals surface area contributed by atoms with E-state index in [2.05, 4.69) is 15.5 Å². The van der Waals surface area contributed by atoms with E-state index in [1.807, 2.05) is 19.1 Å². The van der Waals surface area contributed by atoms with Crippen LogP contribution in [0.1, 0.15) is 66.7 Å². The van der Waals surface area contributed by atoms with Crippen LogP contribution in [0, 0.1) is 6.92 Å². The molecule has 1 amide bonds. The standard InChI is InChI=1S/C21H27N3O4/c1-5-9-15-12-16(13-17(26-3)18(15)27-4)19(25)23-21(10-7-6-8-11-21)20-22-14(2)28-24-20/h5,9,12-13H,6-8,10-11H2,1-4H3,(H,23,25). The number of hydrogen-bond acceptors (Lipinski definition) is 6. The van der Waals surface area contributed by atoms with Crippen LogP contribution >= 0.6 is 0 Å². The molecule has 1 fully saturated rings. The molecule has 1 saturated carbocycles. The van der Waals surface area contributed by atoms with Crippen molar-refractivity contribution in [2.75, 3.05) is 14.2 Å². The molecule has 28 heavy (non-hydrogen) atoms. The maximum atomic E-state index is 13.2. The molecular formula is C21H27N3O4. The first-order valence-electron chi connectivity index (χ1n) is 9.55. The number of rotatable bonds is 6. The third-order valence-corrected chi connectivity index (χ3v) is 5.13. The average Bonchev–Trinajstić information content (AvgIpc) is 3.15. The minimum absolute atomic E-state index is 0.198. The number of aromatic nitrogens is 2. The van der Waals surface area contributed by atoms with Gasteiger partial charge in [0.05, 0.1) is 14.2 Å². The molecule has 1 aromatic heterocycles. The topological polar surface area (TPSA) is 86.5 Å². The zero-order valence-electron chi connectivity index (χ0n) is 16.9. The van der Waals surface area contributed by atoms with Gasteiger partial charge in [0.2, 0.25) is 5.89 Å². The number of ether oxygens (including phenoxy) is 2. The summed E-state index contributed by atoms with van der Waals surface area (Å²) in [5.74, 6) is 1.95. The van der Waals surface area contributed by atoms with E-state index in [4.69, 9.17) is 14.0 Å². The van der Waals surface area contributed by atoms with Crippen molar-refractivity contribution in [3.8, 4) is 11.5 Å². The molecule has 0 aliphatic heterocycles. The van der Waals surface area contributed by atoms with Gasteiger partial charge >= 0.3 is 0 Å². The zero-order valence-corrected chi connectivity index (χ0v) is 16.9. The van der Waals surface area contributed by atoms with Gasteiger partial charge in [-0.15, -0.1) is 0 Å². The van der Waals surface area contributed by atoms with E-state index in [9.17, 15) is 4.79 Å². The maximum absolute atomic E-state index is 13.2. The van der Waals surface area contributed by atoms with Crippen molar-refractivity contribution in [2.24, 2.45) is 0 Å². The lowest BCUT2D eigenvalue weighted by atomic mass is 9.80. The lowest BCUT2D eigenvalue weighted by Crippen LogP contribution is -2.48. The summed E-state index contributed by atoms with van der Waals surface area (Å²) < 4.78 is 16.1. The zero-order chi connectivity index (χ0) is 20.1. The van der Waals surface area contributed by atoms with Gasteiger partial charge < -0.3 is 19.3 Å². The second-order valence-corrected chi connectivity index (χ2v) is 7.03. The number of methoxy groups -OCH3 is 2. The molecule has 0 radical (unpaired) electrons. The minimum Gasteiger partial charge on any atom is -0.493 e. The number of hydrogen-bond donors (Lipinski definition) is 1. The van der Waals surface area contributed by atoms with E-state index in [0.717, 1.165) is 37.7 Å². The summed E-state index contributed by atoms with van der Waals surface area (Å²) >= 11 is 0. The summed E-state index contributed by atoms with van der Waals surface area (Å²) in [6.45, 7) is 3.67. The van der Waals surface area contributed by atoms with Crippen LogP contribution < -0.4 is 14.8 Å². The van der Waals surface area contributed by atoms with Crippen molar-refractivity contribution in [3.05, 3.63) is 41.1 Å². The molecular weight excluding hydrogens is 358 g/mol. The highest BCUT2D eigenvalue weighted by Gasteiger charge is 2.40. The van der Waals surface area contributed by atoms with Gasteiger partial charge in [-0.3, -0.25) is 4.79 Å². The Balaban J connectivity index is 1.97. The van der Waals surface area contributed by atoms with Gasteiger partial charge in [0, 0.05) is 18.1 Å². The second kappa shape index (κ2) is 8.46. The smallest absolute Gasteiger partial charge is 0.252 e. The van der Waals surface area contributed by atoms with E-state index in [1.54, 1.807) is 33.3 Å². The molecule has 0 unspecified atom stereocenters. The molecule has 0 saturated heterocycles. The van der Waals surface area contributed by atoms with E-state index >= 15 is 0 Å². The molecule has 150 valence electrons. The van der Waals surface area contributed by atoms with Crippen LogP contribution in [0.5, 0.6) is 11.5 Å². The Kier molecular flexibility index (Phi) is 6.02. The normalized spacial score (nSPS) is 16.1. The lowest BCUT2D eigenvalue weighted by Gasteiger charge is -2.35. The van der Waals surface area contributed by atoms with E-state index in [1.165, 1.54) is 0 Å². The first kappa shape index (κ1) is 19.9. The highest BCUT2D eigenvalue weighted by Crippen LogP contribution is 2.37. The Morgan fingerprint density at radius 3 is 2.54 bits per heavy atom. The van der Waals surface area contributed by atoms with Crippen molar-refractivity contribution >= 4 is 12.0 Å². The Morgan fingerprint density at radius 1 is 1.21 bits per heavy atom. The number of aryl methyl sites for hydroxylation is 1. The number of amides is 1. The van der Waals surface area contributed by atoms with Crippen molar-refractivity contribution < 1.29 is 18.8 Å². The summed E-state index contributed by atoms with van der Waals surface area (Å²) in [4.78, 5) is 17.6. The van der Waals surface area contributed by atoms with Gasteiger partial charge in [-0.1, -0.05) is 36.6 Å². The van der Waals surface area contributed by atoms with Crippen LogP contribution in [0.4, 0.5) is 0 Å². The molecule has 1 N–H and O–H groups in total. The molecule has 7 nitrogen and oxygen atoms in total. The molecule has 0 bridgehead atoms. The minimum atomic E-state index is -0.610. The fourth-order valence-electron chi connectivity index (χ4n) is 3.77. The van der Waals surface area contributed by atoms with Crippen LogP contribution in [0.15, 0.2) is 22.7 Å². The third-order valence-electron chi connectivity index (χ3n) is 5.13. The highest BCUT2D eigenvalue weighted by molar-refractivity contribution is 5.96. The molecule has 0 spiro atoms. The van der Waals surface area contributed by atoms with Crippen LogP contribution in [0.2, 0.25) is 0 Å².